The third kappa shape index (κ3) is 4.17. The van der Waals surface area contributed by atoms with Gasteiger partial charge in [0.05, 0.1) is 17.2 Å². The Balaban J connectivity index is 1.95. The molecule has 9 heteroatoms. The highest BCUT2D eigenvalue weighted by Gasteiger charge is 2.47. The fourth-order valence-corrected chi connectivity index (χ4v) is 3.88. The summed E-state index contributed by atoms with van der Waals surface area (Å²) in [4.78, 5) is 26.9. The molecule has 5 nitrogen and oxygen atoms in total. The van der Waals surface area contributed by atoms with Crippen LogP contribution in [0, 0.1) is 0 Å². The van der Waals surface area contributed by atoms with Crippen LogP contribution < -0.4 is 4.90 Å². The number of aliphatic hydroxyl groups is 1. The molecule has 33 heavy (non-hydrogen) atoms. The Bertz CT molecular complexity index is 1290. The Kier molecular flexibility index (Phi) is 5.63. The molecule has 1 heterocycles. The van der Waals surface area contributed by atoms with Crippen molar-refractivity contribution < 1.29 is 33.0 Å². The van der Waals surface area contributed by atoms with Crippen molar-refractivity contribution in [2.45, 2.75) is 12.2 Å². The summed E-state index contributed by atoms with van der Waals surface area (Å²) in [7, 11) is 0. The van der Waals surface area contributed by atoms with Crippen LogP contribution in [0.4, 0.5) is 18.9 Å². The van der Waals surface area contributed by atoms with Crippen LogP contribution in [-0.2, 0) is 15.8 Å². The lowest BCUT2D eigenvalue weighted by Gasteiger charge is -2.26. The molecule has 0 bridgehead atoms. The number of amides is 1. The summed E-state index contributed by atoms with van der Waals surface area (Å²) in [6.45, 7) is 0. The molecule has 0 spiro atoms. The largest absolute Gasteiger partial charge is 0.508 e. The Morgan fingerprint density at radius 3 is 2.24 bits per heavy atom. The predicted octanol–water partition coefficient (Wildman–Crippen LogP) is 5.69. The van der Waals surface area contributed by atoms with Crippen LogP contribution in [0.2, 0.25) is 5.02 Å². The number of benzene rings is 3. The number of hydrogen-bond acceptors (Lipinski definition) is 4. The van der Waals surface area contributed by atoms with Gasteiger partial charge in [-0.2, -0.15) is 13.2 Å². The van der Waals surface area contributed by atoms with E-state index in [0.717, 1.165) is 23.1 Å². The molecule has 1 amide bonds. The topological polar surface area (TPSA) is 77.8 Å². The molecule has 1 saturated heterocycles. The lowest BCUT2D eigenvalue weighted by Crippen LogP contribution is -2.29. The number of aliphatic hydroxyl groups excluding tert-OH is 1. The number of hydrogen-bond donors (Lipinski definition) is 2. The SMILES string of the molecule is O=C1C(=O)N(c2cccc(C(F)(F)F)c2)C(c2ccc(O)cc2)/C1=C(\O)c1cccc(Cl)c1. The Hall–Kier alpha value is -3.78. The molecular weight excluding hydrogens is 459 g/mol. The number of halogens is 4. The van der Waals surface area contributed by atoms with Gasteiger partial charge in [0, 0.05) is 16.3 Å². The second-order valence-electron chi connectivity index (χ2n) is 7.32. The molecule has 1 fully saturated rings. The van der Waals surface area contributed by atoms with Crippen LogP contribution in [0.5, 0.6) is 5.75 Å². The van der Waals surface area contributed by atoms with Gasteiger partial charge in [-0.3, -0.25) is 14.5 Å². The molecular formula is C24H15ClF3NO4. The first-order chi connectivity index (χ1) is 15.6. The van der Waals surface area contributed by atoms with E-state index in [1.54, 1.807) is 6.07 Å². The number of alkyl halides is 3. The zero-order valence-corrected chi connectivity index (χ0v) is 17.4. The van der Waals surface area contributed by atoms with Gasteiger partial charge < -0.3 is 10.2 Å². The van der Waals surface area contributed by atoms with Crippen LogP contribution in [0.1, 0.15) is 22.7 Å². The maximum atomic E-state index is 13.3. The Labute approximate surface area is 191 Å². The van der Waals surface area contributed by atoms with Crippen LogP contribution in [0.25, 0.3) is 5.76 Å². The van der Waals surface area contributed by atoms with Crippen molar-refractivity contribution in [3.8, 4) is 5.75 Å². The number of Topliss-reactive ketones (excluding diaryl/α,β-unsaturated/α-hetero) is 1. The quantitative estimate of drug-likeness (QED) is 0.291. The average Bonchev–Trinajstić information content (AvgIpc) is 3.04. The lowest BCUT2D eigenvalue weighted by atomic mass is 9.95. The second-order valence-corrected chi connectivity index (χ2v) is 7.76. The first-order valence-electron chi connectivity index (χ1n) is 9.61. The van der Waals surface area contributed by atoms with Crippen molar-refractivity contribution in [2.75, 3.05) is 4.90 Å². The highest BCUT2D eigenvalue weighted by molar-refractivity contribution is 6.51. The molecule has 2 N–H and O–H groups in total. The summed E-state index contributed by atoms with van der Waals surface area (Å²) in [5.74, 6) is -2.79. The van der Waals surface area contributed by atoms with Gasteiger partial charge in [0.2, 0.25) is 0 Å². The summed E-state index contributed by atoms with van der Waals surface area (Å²) in [5.41, 5.74) is -1.02. The van der Waals surface area contributed by atoms with Gasteiger partial charge in [-0.25, -0.2) is 0 Å². The summed E-state index contributed by atoms with van der Waals surface area (Å²) in [6, 6.07) is 14.2. The second kappa shape index (κ2) is 8.29. The number of aromatic hydroxyl groups is 1. The standard InChI is InChI=1S/C24H15ClF3NO4/c25-16-5-1-3-14(11-16)21(31)19-20(13-7-9-18(30)10-8-13)29(23(33)22(19)32)17-6-2-4-15(12-17)24(26,27)28/h1-12,20,30-31H/b21-19+. The van der Waals surface area contributed by atoms with Gasteiger partial charge >= 0.3 is 6.18 Å². The van der Waals surface area contributed by atoms with Crippen molar-refractivity contribution in [3.63, 3.8) is 0 Å². The number of phenolic OH excluding ortho intramolecular Hbond substituents is 1. The number of anilines is 1. The van der Waals surface area contributed by atoms with E-state index in [0.29, 0.717) is 5.56 Å². The number of nitrogens with zero attached hydrogens (tertiary/aromatic N) is 1. The first-order valence-corrected chi connectivity index (χ1v) is 9.99. The number of carbonyl (C=O) groups excluding carboxylic acids is 2. The van der Waals surface area contributed by atoms with Gasteiger partial charge in [0.25, 0.3) is 11.7 Å². The van der Waals surface area contributed by atoms with E-state index in [-0.39, 0.29) is 27.6 Å². The van der Waals surface area contributed by atoms with Crippen molar-refractivity contribution in [1.82, 2.24) is 0 Å². The van der Waals surface area contributed by atoms with Crippen LogP contribution in [-0.4, -0.2) is 21.9 Å². The van der Waals surface area contributed by atoms with E-state index < -0.39 is 35.2 Å². The highest BCUT2D eigenvalue weighted by atomic mass is 35.5. The minimum atomic E-state index is -4.67. The molecule has 0 aromatic heterocycles. The van der Waals surface area contributed by atoms with Crippen LogP contribution >= 0.6 is 11.6 Å². The molecule has 1 aliphatic heterocycles. The lowest BCUT2D eigenvalue weighted by molar-refractivity contribution is -0.137. The fraction of sp³-hybridized carbons (Fsp3) is 0.0833. The summed E-state index contributed by atoms with van der Waals surface area (Å²) >= 11 is 5.99. The van der Waals surface area contributed by atoms with E-state index in [9.17, 15) is 33.0 Å². The summed E-state index contributed by atoms with van der Waals surface area (Å²) in [5, 5.41) is 20.9. The van der Waals surface area contributed by atoms with Crippen LogP contribution in [0.15, 0.2) is 78.4 Å². The maximum absolute atomic E-state index is 13.3. The first kappa shape index (κ1) is 22.4. The minimum Gasteiger partial charge on any atom is -0.508 e. The zero-order chi connectivity index (χ0) is 23.9. The average molecular weight is 474 g/mol. The van der Waals surface area contributed by atoms with Gasteiger partial charge in [0.1, 0.15) is 11.5 Å². The van der Waals surface area contributed by atoms with Crippen molar-refractivity contribution in [3.05, 3.63) is 100 Å². The predicted molar refractivity (Wildman–Crippen MR) is 116 cm³/mol. The van der Waals surface area contributed by atoms with E-state index in [1.165, 1.54) is 48.5 Å². The third-order valence-corrected chi connectivity index (χ3v) is 5.44. The molecule has 0 radical (unpaired) electrons. The van der Waals surface area contributed by atoms with E-state index in [2.05, 4.69) is 0 Å². The van der Waals surface area contributed by atoms with Crippen molar-refractivity contribution in [1.29, 1.82) is 0 Å². The number of rotatable bonds is 3. The van der Waals surface area contributed by atoms with Gasteiger partial charge in [0.15, 0.2) is 0 Å². The molecule has 4 rings (SSSR count). The molecule has 3 aromatic carbocycles. The summed E-state index contributed by atoms with van der Waals surface area (Å²) < 4.78 is 39.9. The number of ketones is 1. The van der Waals surface area contributed by atoms with Gasteiger partial charge in [-0.1, -0.05) is 41.9 Å². The number of phenols is 1. The van der Waals surface area contributed by atoms with E-state index in [1.807, 2.05) is 0 Å². The normalized spacial score (nSPS) is 18.1. The molecule has 1 unspecified atom stereocenters. The molecule has 3 aromatic rings. The highest BCUT2D eigenvalue weighted by Crippen LogP contribution is 2.43. The van der Waals surface area contributed by atoms with Gasteiger partial charge in [-0.15, -0.1) is 0 Å². The maximum Gasteiger partial charge on any atom is 0.416 e. The number of carbonyl (C=O) groups is 2. The monoisotopic (exact) mass is 473 g/mol. The van der Waals surface area contributed by atoms with E-state index >= 15 is 0 Å². The van der Waals surface area contributed by atoms with Crippen molar-refractivity contribution >= 4 is 34.7 Å². The molecule has 1 atom stereocenters. The molecule has 1 aliphatic rings. The van der Waals surface area contributed by atoms with Crippen molar-refractivity contribution in [2.24, 2.45) is 0 Å². The zero-order valence-electron chi connectivity index (χ0n) is 16.7. The molecule has 0 aliphatic carbocycles. The summed E-state index contributed by atoms with van der Waals surface area (Å²) in [6.07, 6.45) is -4.67. The minimum absolute atomic E-state index is 0.0930. The molecule has 168 valence electrons. The third-order valence-electron chi connectivity index (χ3n) is 5.20. The fourth-order valence-electron chi connectivity index (χ4n) is 3.69. The van der Waals surface area contributed by atoms with Gasteiger partial charge in [-0.05, 0) is 48.0 Å². The Morgan fingerprint density at radius 1 is 0.939 bits per heavy atom. The van der Waals surface area contributed by atoms with Crippen LogP contribution in [0.3, 0.4) is 0 Å². The molecule has 0 saturated carbocycles. The smallest absolute Gasteiger partial charge is 0.416 e. The Morgan fingerprint density at radius 2 is 1.61 bits per heavy atom. The van der Waals surface area contributed by atoms with E-state index in [4.69, 9.17) is 11.6 Å².